The fourth-order valence-electron chi connectivity index (χ4n) is 2.60. The molecule has 1 rings (SSSR count). The highest BCUT2D eigenvalue weighted by molar-refractivity contribution is 8.00. The second-order valence-electron chi connectivity index (χ2n) is 5.68. The SMILES string of the molecule is CCCNC(CCC)C(CC)Sc1ccc(C)cc1C. The first-order valence-electron chi connectivity index (χ1n) is 8.09. The Labute approximate surface area is 129 Å². The van der Waals surface area contributed by atoms with E-state index in [4.69, 9.17) is 0 Å². The van der Waals surface area contributed by atoms with E-state index < -0.39 is 0 Å². The first kappa shape index (κ1) is 17.6. The van der Waals surface area contributed by atoms with E-state index in [0.29, 0.717) is 11.3 Å². The van der Waals surface area contributed by atoms with Crippen molar-refractivity contribution in [2.75, 3.05) is 6.54 Å². The van der Waals surface area contributed by atoms with E-state index >= 15 is 0 Å². The summed E-state index contributed by atoms with van der Waals surface area (Å²) in [5, 5.41) is 4.42. The van der Waals surface area contributed by atoms with Crippen LogP contribution < -0.4 is 5.32 Å². The molecule has 0 amide bonds. The molecule has 0 radical (unpaired) electrons. The summed E-state index contributed by atoms with van der Waals surface area (Å²) in [7, 11) is 0. The normalized spacial score (nSPS) is 14.2. The molecule has 0 heterocycles. The number of benzene rings is 1. The minimum absolute atomic E-state index is 0.635. The average Bonchev–Trinajstić information content (AvgIpc) is 2.43. The van der Waals surface area contributed by atoms with Crippen molar-refractivity contribution in [2.45, 2.75) is 76.5 Å². The van der Waals surface area contributed by atoms with E-state index in [1.807, 2.05) is 0 Å². The first-order valence-corrected chi connectivity index (χ1v) is 8.97. The minimum atomic E-state index is 0.635. The van der Waals surface area contributed by atoms with Crippen molar-refractivity contribution in [1.29, 1.82) is 0 Å². The summed E-state index contributed by atoms with van der Waals surface area (Å²) >= 11 is 2.06. The largest absolute Gasteiger partial charge is 0.313 e. The fourth-order valence-corrected chi connectivity index (χ4v) is 3.89. The molecule has 0 saturated heterocycles. The van der Waals surface area contributed by atoms with Gasteiger partial charge in [0.05, 0.1) is 0 Å². The van der Waals surface area contributed by atoms with Crippen LogP contribution in [0.15, 0.2) is 23.1 Å². The lowest BCUT2D eigenvalue weighted by molar-refractivity contribution is 0.454. The number of rotatable bonds is 9. The Morgan fingerprint density at radius 2 is 1.85 bits per heavy atom. The van der Waals surface area contributed by atoms with E-state index in [2.05, 4.69) is 69.9 Å². The lowest BCUT2D eigenvalue weighted by Crippen LogP contribution is -2.38. The third kappa shape index (κ3) is 5.49. The lowest BCUT2D eigenvalue weighted by Gasteiger charge is -2.27. The maximum atomic E-state index is 3.75. The minimum Gasteiger partial charge on any atom is -0.313 e. The smallest absolute Gasteiger partial charge is 0.0245 e. The van der Waals surface area contributed by atoms with Crippen molar-refractivity contribution in [1.82, 2.24) is 5.32 Å². The maximum absolute atomic E-state index is 3.75. The van der Waals surface area contributed by atoms with Crippen LogP contribution in [0.1, 0.15) is 57.6 Å². The van der Waals surface area contributed by atoms with Crippen LogP contribution in [0.4, 0.5) is 0 Å². The molecule has 2 unspecified atom stereocenters. The molecule has 0 bridgehead atoms. The first-order chi connectivity index (χ1) is 9.62. The zero-order valence-corrected chi connectivity index (χ0v) is 14.6. The van der Waals surface area contributed by atoms with Crippen molar-refractivity contribution in [3.63, 3.8) is 0 Å². The summed E-state index contributed by atoms with van der Waals surface area (Å²) in [4.78, 5) is 1.45. The molecular weight excluding hydrogens is 262 g/mol. The summed E-state index contributed by atoms with van der Waals surface area (Å²) in [5.41, 5.74) is 2.77. The van der Waals surface area contributed by atoms with Crippen LogP contribution in [0.5, 0.6) is 0 Å². The van der Waals surface area contributed by atoms with Gasteiger partial charge in [0.15, 0.2) is 0 Å². The molecule has 0 spiro atoms. The van der Waals surface area contributed by atoms with Gasteiger partial charge in [-0.25, -0.2) is 0 Å². The molecular formula is C18H31NS. The molecule has 0 fully saturated rings. The van der Waals surface area contributed by atoms with Crippen molar-refractivity contribution in [2.24, 2.45) is 0 Å². The standard InChI is InChI=1S/C18H31NS/c1-6-9-16(19-12-7-2)17(8-3)20-18-11-10-14(4)13-15(18)5/h10-11,13,16-17,19H,6-9,12H2,1-5H3. The molecule has 1 aromatic rings. The van der Waals surface area contributed by atoms with Gasteiger partial charge in [0.2, 0.25) is 0 Å². The van der Waals surface area contributed by atoms with E-state index in [1.54, 1.807) is 0 Å². The van der Waals surface area contributed by atoms with Crippen LogP contribution in [0.3, 0.4) is 0 Å². The highest BCUT2D eigenvalue weighted by Crippen LogP contribution is 2.31. The number of aryl methyl sites for hydroxylation is 2. The fraction of sp³-hybridized carbons (Fsp3) is 0.667. The summed E-state index contributed by atoms with van der Waals surface area (Å²) in [6.07, 6.45) is 4.96. The van der Waals surface area contributed by atoms with Gasteiger partial charge in [-0.2, -0.15) is 0 Å². The number of hydrogen-bond acceptors (Lipinski definition) is 2. The molecule has 20 heavy (non-hydrogen) atoms. The number of thioether (sulfide) groups is 1. The third-order valence-electron chi connectivity index (χ3n) is 3.72. The van der Waals surface area contributed by atoms with Crippen LogP contribution >= 0.6 is 11.8 Å². The third-order valence-corrected chi connectivity index (χ3v) is 5.39. The number of nitrogens with one attached hydrogen (secondary N) is 1. The predicted molar refractivity (Wildman–Crippen MR) is 92.8 cm³/mol. The van der Waals surface area contributed by atoms with Crippen LogP contribution in [0, 0.1) is 13.8 Å². The van der Waals surface area contributed by atoms with Gasteiger partial charge in [-0.1, -0.05) is 44.9 Å². The quantitative estimate of drug-likeness (QED) is 0.617. The van der Waals surface area contributed by atoms with Gasteiger partial charge >= 0.3 is 0 Å². The molecule has 0 aromatic heterocycles. The Balaban J connectivity index is 2.76. The van der Waals surface area contributed by atoms with Crippen LogP contribution in [0.2, 0.25) is 0 Å². The predicted octanol–water partition coefficient (Wildman–Crippen LogP) is 5.34. The monoisotopic (exact) mass is 293 g/mol. The van der Waals surface area contributed by atoms with E-state index in [9.17, 15) is 0 Å². The summed E-state index contributed by atoms with van der Waals surface area (Å²) in [6.45, 7) is 12.4. The van der Waals surface area contributed by atoms with Crippen LogP contribution in [-0.4, -0.2) is 17.8 Å². The summed E-state index contributed by atoms with van der Waals surface area (Å²) in [5.74, 6) is 0. The Hall–Kier alpha value is -0.470. The van der Waals surface area contributed by atoms with E-state index in [1.165, 1.54) is 41.7 Å². The average molecular weight is 294 g/mol. The number of hydrogen-bond donors (Lipinski definition) is 1. The van der Waals surface area contributed by atoms with E-state index in [-0.39, 0.29) is 0 Å². The zero-order valence-electron chi connectivity index (χ0n) is 13.8. The highest BCUT2D eigenvalue weighted by atomic mass is 32.2. The molecule has 1 aromatic carbocycles. The van der Waals surface area contributed by atoms with Crippen LogP contribution in [-0.2, 0) is 0 Å². The second kappa shape index (κ2) is 9.46. The lowest BCUT2D eigenvalue weighted by atomic mass is 10.1. The Bertz CT molecular complexity index is 389. The summed E-state index contributed by atoms with van der Waals surface area (Å²) in [6, 6.07) is 7.45. The Morgan fingerprint density at radius 1 is 1.10 bits per heavy atom. The molecule has 1 nitrogen and oxygen atoms in total. The molecule has 0 aliphatic carbocycles. The second-order valence-corrected chi connectivity index (χ2v) is 6.96. The topological polar surface area (TPSA) is 12.0 Å². The Morgan fingerprint density at radius 3 is 2.40 bits per heavy atom. The molecule has 0 aliphatic heterocycles. The molecule has 2 atom stereocenters. The van der Waals surface area contributed by atoms with Gasteiger partial charge in [0.25, 0.3) is 0 Å². The maximum Gasteiger partial charge on any atom is 0.0245 e. The molecule has 2 heteroatoms. The zero-order chi connectivity index (χ0) is 15.0. The molecule has 114 valence electrons. The van der Waals surface area contributed by atoms with Crippen molar-refractivity contribution in [3.8, 4) is 0 Å². The molecule has 0 aliphatic rings. The Kier molecular flexibility index (Phi) is 8.32. The van der Waals surface area contributed by atoms with Gasteiger partial charge in [0.1, 0.15) is 0 Å². The van der Waals surface area contributed by atoms with E-state index in [0.717, 1.165) is 6.54 Å². The van der Waals surface area contributed by atoms with Crippen LogP contribution in [0.25, 0.3) is 0 Å². The van der Waals surface area contributed by atoms with Gasteiger partial charge in [-0.05, 0) is 51.3 Å². The van der Waals surface area contributed by atoms with Crippen molar-refractivity contribution in [3.05, 3.63) is 29.3 Å². The highest BCUT2D eigenvalue weighted by Gasteiger charge is 2.20. The molecule has 0 saturated carbocycles. The van der Waals surface area contributed by atoms with Gasteiger partial charge in [0, 0.05) is 16.2 Å². The van der Waals surface area contributed by atoms with Gasteiger partial charge in [-0.3, -0.25) is 0 Å². The van der Waals surface area contributed by atoms with Gasteiger partial charge < -0.3 is 5.32 Å². The van der Waals surface area contributed by atoms with Crippen molar-refractivity contribution < 1.29 is 0 Å². The molecule has 1 N–H and O–H groups in total. The van der Waals surface area contributed by atoms with Gasteiger partial charge in [-0.15, -0.1) is 11.8 Å². The summed E-state index contributed by atoms with van der Waals surface area (Å²) < 4.78 is 0. The van der Waals surface area contributed by atoms with Crippen molar-refractivity contribution >= 4 is 11.8 Å².